The van der Waals surface area contributed by atoms with Crippen molar-refractivity contribution in [2.45, 2.75) is 26.3 Å². The highest BCUT2D eigenvalue weighted by atomic mass is 16.5. The van der Waals surface area contributed by atoms with Crippen LogP contribution in [0.3, 0.4) is 0 Å². The zero-order valence-corrected chi connectivity index (χ0v) is 13.8. The molecule has 1 aromatic rings. The fourth-order valence-corrected chi connectivity index (χ4v) is 3.07. The Morgan fingerprint density at radius 2 is 2.35 bits per heavy atom. The maximum absolute atomic E-state index is 12.2. The molecule has 2 N–H and O–H groups in total. The van der Waals surface area contributed by atoms with E-state index in [0.29, 0.717) is 19.1 Å². The lowest BCUT2D eigenvalue weighted by Crippen LogP contribution is -2.31. The zero-order valence-electron chi connectivity index (χ0n) is 13.8. The zero-order chi connectivity index (χ0) is 16.1. The van der Waals surface area contributed by atoms with Gasteiger partial charge in [-0.2, -0.15) is 0 Å². The van der Waals surface area contributed by atoms with E-state index in [-0.39, 0.29) is 11.8 Å². The van der Waals surface area contributed by atoms with Gasteiger partial charge in [-0.3, -0.25) is 4.79 Å². The third-order valence-corrected chi connectivity index (χ3v) is 4.61. The first kappa shape index (κ1) is 16.3. The Balaban J connectivity index is 1.57. The Bertz CT molecular complexity index is 535. The average Bonchev–Trinajstić information content (AvgIpc) is 3.25. The van der Waals surface area contributed by atoms with E-state index >= 15 is 0 Å². The highest BCUT2D eigenvalue weighted by Gasteiger charge is 2.22. The van der Waals surface area contributed by atoms with Crippen molar-refractivity contribution >= 4 is 5.91 Å². The quantitative estimate of drug-likeness (QED) is 0.837. The van der Waals surface area contributed by atoms with Gasteiger partial charge >= 0.3 is 0 Å². The maximum Gasteiger partial charge on any atom is 0.224 e. The third-order valence-electron chi connectivity index (χ3n) is 4.61. The highest BCUT2D eigenvalue weighted by Crippen LogP contribution is 2.23. The summed E-state index contributed by atoms with van der Waals surface area (Å²) in [4.78, 5) is 12.2. The van der Waals surface area contributed by atoms with Gasteiger partial charge < -0.3 is 20.1 Å². The minimum atomic E-state index is 0.0976. The molecule has 0 radical (unpaired) electrons. The lowest BCUT2D eigenvalue weighted by Gasteiger charge is -2.16. The van der Waals surface area contributed by atoms with E-state index in [1.165, 1.54) is 0 Å². The number of carbonyl (C=O) groups is 1. The Kier molecular flexibility index (Phi) is 5.51. The molecule has 0 bridgehead atoms. The highest BCUT2D eigenvalue weighted by molar-refractivity contribution is 5.79. The van der Waals surface area contributed by atoms with E-state index in [1.54, 1.807) is 0 Å². The third kappa shape index (κ3) is 4.45. The topological polar surface area (TPSA) is 59.6 Å². The second-order valence-corrected chi connectivity index (χ2v) is 6.56. The van der Waals surface area contributed by atoms with Crippen LogP contribution in [-0.4, -0.2) is 38.8 Å². The van der Waals surface area contributed by atoms with Crippen LogP contribution in [0.5, 0.6) is 5.75 Å². The summed E-state index contributed by atoms with van der Waals surface area (Å²) in [5.74, 6) is 1.58. The number of benzene rings is 1. The largest absolute Gasteiger partial charge is 0.493 e. The van der Waals surface area contributed by atoms with Gasteiger partial charge in [-0.05, 0) is 37.9 Å². The van der Waals surface area contributed by atoms with Gasteiger partial charge in [-0.1, -0.05) is 12.1 Å². The van der Waals surface area contributed by atoms with Crippen LogP contribution in [0.25, 0.3) is 0 Å². The van der Waals surface area contributed by atoms with Crippen molar-refractivity contribution in [2.75, 3.05) is 32.9 Å². The van der Waals surface area contributed by atoms with Crippen molar-refractivity contribution in [3.63, 3.8) is 0 Å². The molecule has 5 nitrogen and oxygen atoms in total. The minimum Gasteiger partial charge on any atom is -0.493 e. The SMILES string of the molecule is Cc1ccc(CNC(=O)[C@H]2CCNC2)c(OC[C@H]2CCOC2)c1. The Morgan fingerprint density at radius 1 is 1.43 bits per heavy atom. The number of ether oxygens (including phenoxy) is 2. The van der Waals surface area contributed by atoms with Crippen LogP contribution in [-0.2, 0) is 16.1 Å². The van der Waals surface area contributed by atoms with Gasteiger partial charge in [0, 0.05) is 31.2 Å². The van der Waals surface area contributed by atoms with Crippen molar-refractivity contribution in [2.24, 2.45) is 11.8 Å². The van der Waals surface area contributed by atoms with Crippen LogP contribution < -0.4 is 15.4 Å². The fraction of sp³-hybridized carbons (Fsp3) is 0.611. The summed E-state index contributed by atoms with van der Waals surface area (Å²) < 4.78 is 11.4. The standard InChI is InChI=1S/C18H26N2O3/c1-13-2-3-15(10-20-18(21)16-4-6-19-9-16)17(8-13)23-12-14-5-7-22-11-14/h2-3,8,14,16,19H,4-7,9-12H2,1H3,(H,20,21)/t14-,16-/m0/s1. The minimum absolute atomic E-state index is 0.0976. The molecule has 2 aliphatic heterocycles. The van der Waals surface area contributed by atoms with E-state index in [2.05, 4.69) is 29.7 Å². The van der Waals surface area contributed by atoms with Crippen molar-refractivity contribution < 1.29 is 14.3 Å². The summed E-state index contributed by atoms with van der Waals surface area (Å²) in [7, 11) is 0. The molecule has 2 fully saturated rings. The van der Waals surface area contributed by atoms with Crippen LogP contribution >= 0.6 is 0 Å². The van der Waals surface area contributed by atoms with Gasteiger partial charge in [0.2, 0.25) is 5.91 Å². The molecule has 2 atom stereocenters. The van der Waals surface area contributed by atoms with Gasteiger partial charge in [0.15, 0.2) is 0 Å². The molecular weight excluding hydrogens is 292 g/mol. The second kappa shape index (κ2) is 7.79. The second-order valence-electron chi connectivity index (χ2n) is 6.56. The monoisotopic (exact) mass is 318 g/mol. The van der Waals surface area contributed by atoms with Crippen LogP contribution in [0.15, 0.2) is 18.2 Å². The predicted molar refractivity (Wildman–Crippen MR) is 88.4 cm³/mol. The van der Waals surface area contributed by atoms with E-state index in [9.17, 15) is 4.79 Å². The van der Waals surface area contributed by atoms with Gasteiger partial charge in [0.1, 0.15) is 5.75 Å². The van der Waals surface area contributed by atoms with Gasteiger partial charge in [0.05, 0.1) is 19.1 Å². The van der Waals surface area contributed by atoms with Crippen LogP contribution in [0.2, 0.25) is 0 Å². The molecule has 1 aromatic carbocycles. The molecule has 2 saturated heterocycles. The van der Waals surface area contributed by atoms with Gasteiger partial charge in [0.25, 0.3) is 0 Å². The molecule has 5 heteroatoms. The van der Waals surface area contributed by atoms with E-state index in [0.717, 1.165) is 56.0 Å². The molecule has 23 heavy (non-hydrogen) atoms. The molecule has 0 aromatic heterocycles. The first-order chi connectivity index (χ1) is 11.2. The van der Waals surface area contributed by atoms with Gasteiger partial charge in [-0.25, -0.2) is 0 Å². The average molecular weight is 318 g/mol. The van der Waals surface area contributed by atoms with Crippen molar-refractivity contribution in [3.05, 3.63) is 29.3 Å². The molecule has 2 aliphatic rings. The Morgan fingerprint density at radius 3 is 3.09 bits per heavy atom. The first-order valence-electron chi connectivity index (χ1n) is 8.51. The van der Waals surface area contributed by atoms with Crippen LogP contribution in [0, 0.1) is 18.8 Å². The maximum atomic E-state index is 12.2. The molecule has 0 saturated carbocycles. The smallest absolute Gasteiger partial charge is 0.224 e. The van der Waals surface area contributed by atoms with E-state index in [1.807, 2.05) is 6.07 Å². The molecule has 0 spiro atoms. The summed E-state index contributed by atoms with van der Waals surface area (Å²) in [6.07, 6.45) is 1.98. The number of hydrogen-bond acceptors (Lipinski definition) is 4. The first-order valence-corrected chi connectivity index (χ1v) is 8.51. The number of carbonyl (C=O) groups excluding carboxylic acids is 1. The Hall–Kier alpha value is -1.59. The summed E-state index contributed by atoms with van der Waals surface area (Å²) >= 11 is 0. The molecule has 0 aliphatic carbocycles. The van der Waals surface area contributed by atoms with E-state index in [4.69, 9.17) is 9.47 Å². The molecule has 1 amide bonds. The molecule has 0 unspecified atom stereocenters. The normalized spacial score (nSPS) is 23.9. The lowest BCUT2D eigenvalue weighted by atomic mass is 10.1. The summed E-state index contributed by atoms with van der Waals surface area (Å²) in [5.41, 5.74) is 2.20. The number of rotatable bonds is 6. The fourth-order valence-electron chi connectivity index (χ4n) is 3.07. The van der Waals surface area contributed by atoms with Crippen LogP contribution in [0.4, 0.5) is 0 Å². The number of hydrogen-bond donors (Lipinski definition) is 2. The van der Waals surface area contributed by atoms with Crippen molar-refractivity contribution in [1.82, 2.24) is 10.6 Å². The molecular formula is C18H26N2O3. The summed E-state index contributed by atoms with van der Waals surface area (Å²) in [5, 5.41) is 6.27. The van der Waals surface area contributed by atoms with E-state index < -0.39 is 0 Å². The molecule has 126 valence electrons. The molecule has 3 rings (SSSR count). The molecule has 2 heterocycles. The summed E-state index contributed by atoms with van der Waals surface area (Å²) in [6, 6.07) is 6.15. The predicted octanol–water partition coefficient (Wildman–Crippen LogP) is 1.64. The van der Waals surface area contributed by atoms with Gasteiger partial charge in [-0.15, -0.1) is 0 Å². The van der Waals surface area contributed by atoms with Crippen molar-refractivity contribution in [3.8, 4) is 5.75 Å². The Labute approximate surface area is 137 Å². The number of amides is 1. The van der Waals surface area contributed by atoms with Crippen molar-refractivity contribution in [1.29, 1.82) is 0 Å². The lowest BCUT2D eigenvalue weighted by molar-refractivity contribution is -0.124. The summed E-state index contributed by atoms with van der Waals surface area (Å²) in [6.45, 7) is 6.58. The number of nitrogens with one attached hydrogen (secondary N) is 2. The number of aryl methyl sites for hydroxylation is 1. The van der Waals surface area contributed by atoms with Crippen LogP contribution in [0.1, 0.15) is 24.0 Å².